The summed E-state index contributed by atoms with van der Waals surface area (Å²) in [5.41, 5.74) is 0.250. The Morgan fingerprint density at radius 1 is 1.03 bits per heavy atom. The quantitative estimate of drug-likeness (QED) is 0.625. The molecule has 0 heterocycles. The molecular formula is C26H31N3O4. The zero-order valence-electron chi connectivity index (χ0n) is 19.2. The van der Waals surface area contributed by atoms with Crippen LogP contribution in [0.4, 0.5) is 4.79 Å². The summed E-state index contributed by atoms with van der Waals surface area (Å²) < 4.78 is 10.5. The van der Waals surface area contributed by atoms with Crippen molar-refractivity contribution < 1.29 is 19.1 Å². The van der Waals surface area contributed by atoms with Gasteiger partial charge in [0.1, 0.15) is 11.3 Å². The lowest BCUT2D eigenvalue weighted by Crippen LogP contribution is -2.54. The van der Waals surface area contributed by atoms with Crippen molar-refractivity contribution in [2.45, 2.75) is 50.0 Å². The molecule has 1 fully saturated rings. The third-order valence-corrected chi connectivity index (χ3v) is 6.38. The van der Waals surface area contributed by atoms with Crippen LogP contribution >= 0.6 is 0 Å². The van der Waals surface area contributed by atoms with Gasteiger partial charge < -0.3 is 20.1 Å². The highest BCUT2D eigenvalue weighted by Crippen LogP contribution is 2.43. The van der Waals surface area contributed by atoms with Crippen LogP contribution in [0, 0.1) is 11.3 Å². The van der Waals surface area contributed by atoms with Crippen molar-refractivity contribution >= 4 is 12.0 Å². The zero-order valence-corrected chi connectivity index (χ0v) is 19.2. The number of carbonyl (C=O) groups is 2. The molecule has 7 heteroatoms. The lowest BCUT2D eigenvalue weighted by Gasteiger charge is -2.44. The largest absolute Gasteiger partial charge is 0.496 e. The van der Waals surface area contributed by atoms with E-state index in [0.29, 0.717) is 50.1 Å². The summed E-state index contributed by atoms with van der Waals surface area (Å²) in [4.78, 5) is 25.1. The van der Waals surface area contributed by atoms with E-state index in [4.69, 9.17) is 9.47 Å². The monoisotopic (exact) mass is 449 g/mol. The van der Waals surface area contributed by atoms with Crippen LogP contribution in [-0.2, 0) is 10.2 Å². The molecule has 2 aromatic rings. The predicted molar refractivity (Wildman–Crippen MR) is 125 cm³/mol. The van der Waals surface area contributed by atoms with Crippen LogP contribution < -0.4 is 15.4 Å². The Morgan fingerprint density at radius 3 is 2.33 bits per heavy atom. The molecule has 0 aliphatic heterocycles. The third-order valence-electron chi connectivity index (χ3n) is 6.38. The van der Waals surface area contributed by atoms with Crippen LogP contribution in [0.25, 0.3) is 0 Å². The number of carbonyl (C=O) groups excluding carboxylic acids is 2. The third kappa shape index (κ3) is 5.64. The van der Waals surface area contributed by atoms with Crippen molar-refractivity contribution in [3.05, 3.63) is 65.7 Å². The number of alkyl carbamates (subject to hydrolysis) is 1. The molecule has 0 bridgehead atoms. The fourth-order valence-corrected chi connectivity index (χ4v) is 4.38. The van der Waals surface area contributed by atoms with Crippen molar-refractivity contribution in [1.82, 2.24) is 10.6 Å². The number of nitrogens with one attached hydrogen (secondary N) is 2. The summed E-state index contributed by atoms with van der Waals surface area (Å²) in [6.07, 6.45) is 2.34. The summed E-state index contributed by atoms with van der Waals surface area (Å²) in [6, 6.07) is 19.4. The summed E-state index contributed by atoms with van der Waals surface area (Å²) in [5.74, 6) is 0.312. The summed E-state index contributed by atoms with van der Waals surface area (Å²) in [5, 5.41) is 15.7. The lowest BCUT2D eigenvalue weighted by molar-refractivity contribution is 0.0925. The highest BCUT2D eigenvalue weighted by molar-refractivity contribution is 5.97. The fraction of sp³-hybridized carbons (Fsp3) is 0.423. The Labute approximate surface area is 195 Å². The standard InChI is InChI=1S/C26H31N3O4/c1-3-17-33-24(31)29-26(18-27)15-13-25(14-16-26,20-9-5-4-6-10-20)19-28-23(30)21-11-7-8-12-22(21)32-2/h4-12H,3,13-17,19H2,1-2H3,(H,28,30)(H,29,31)/t25-,26+. The maximum absolute atomic E-state index is 13.0. The first kappa shape index (κ1) is 24.1. The number of nitrogens with zero attached hydrogens (tertiary/aromatic N) is 1. The summed E-state index contributed by atoms with van der Waals surface area (Å²) in [6.45, 7) is 2.65. The number of amides is 2. The zero-order chi connectivity index (χ0) is 23.7. The molecule has 2 N–H and O–H groups in total. The number of benzene rings is 2. The minimum Gasteiger partial charge on any atom is -0.496 e. The van der Waals surface area contributed by atoms with Crippen LogP contribution in [-0.4, -0.2) is 37.8 Å². The van der Waals surface area contributed by atoms with Gasteiger partial charge in [0.15, 0.2) is 0 Å². The number of hydrogen-bond donors (Lipinski definition) is 2. The van der Waals surface area contributed by atoms with Crippen LogP contribution in [0.5, 0.6) is 5.75 Å². The number of hydrogen-bond acceptors (Lipinski definition) is 5. The number of para-hydroxylation sites is 1. The van der Waals surface area contributed by atoms with E-state index in [1.54, 1.807) is 25.3 Å². The Bertz CT molecular complexity index is 992. The molecule has 33 heavy (non-hydrogen) atoms. The Balaban J connectivity index is 1.77. The Hall–Kier alpha value is -3.53. The molecule has 0 atom stereocenters. The number of rotatable bonds is 8. The molecule has 174 valence electrons. The highest BCUT2D eigenvalue weighted by atomic mass is 16.5. The van der Waals surface area contributed by atoms with E-state index in [-0.39, 0.29) is 11.3 Å². The van der Waals surface area contributed by atoms with E-state index in [1.807, 2.05) is 31.2 Å². The second-order valence-electron chi connectivity index (χ2n) is 8.48. The van der Waals surface area contributed by atoms with Crippen LogP contribution in [0.15, 0.2) is 54.6 Å². The highest BCUT2D eigenvalue weighted by Gasteiger charge is 2.45. The molecule has 0 radical (unpaired) electrons. The van der Waals surface area contributed by atoms with Gasteiger partial charge >= 0.3 is 6.09 Å². The second-order valence-corrected chi connectivity index (χ2v) is 8.48. The van der Waals surface area contributed by atoms with Gasteiger partial charge in [-0.15, -0.1) is 0 Å². The number of nitriles is 1. The van der Waals surface area contributed by atoms with E-state index in [0.717, 1.165) is 12.0 Å². The van der Waals surface area contributed by atoms with Gasteiger partial charge in [-0.2, -0.15) is 5.26 Å². The van der Waals surface area contributed by atoms with Crippen molar-refractivity contribution in [3.63, 3.8) is 0 Å². The first-order valence-electron chi connectivity index (χ1n) is 11.3. The van der Waals surface area contributed by atoms with Crippen LogP contribution in [0.2, 0.25) is 0 Å². The van der Waals surface area contributed by atoms with E-state index < -0.39 is 11.6 Å². The molecule has 7 nitrogen and oxygen atoms in total. The maximum Gasteiger partial charge on any atom is 0.408 e. The van der Waals surface area contributed by atoms with Gasteiger partial charge in [0.2, 0.25) is 0 Å². The molecular weight excluding hydrogens is 418 g/mol. The Kier molecular flexibility index (Phi) is 7.94. The molecule has 2 amide bonds. The van der Waals surface area contributed by atoms with Gasteiger partial charge in [-0.3, -0.25) is 4.79 Å². The Morgan fingerprint density at radius 2 is 1.70 bits per heavy atom. The minimum atomic E-state index is -0.976. The average molecular weight is 450 g/mol. The van der Waals surface area contributed by atoms with Crippen molar-refractivity contribution in [2.24, 2.45) is 0 Å². The van der Waals surface area contributed by atoms with Crippen molar-refractivity contribution in [2.75, 3.05) is 20.3 Å². The first-order chi connectivity index (χ1) is 16.0. The van der Waals surface area contributed by atoms with Gasteiger partial charge in [0.05, 0.1) is 25.3 Å². The molecule has 0 aromatic heterocycles. The van der Waals surface area contributed by atoms with Gasteiger partial charge in [0.25, 0.3) is 5.91 Å². The normalized spacial score (nSPS) is 22.0. The topological polar surface area (TPSA) is 100 Å². The first-order valence-corrected chi connectivity index (χ1v) is 11.3. The number of ether oxygens (including phenoxy) is 2. The smallest absolute Gasteiger partial charge is 0.408 e. The van der Waals surface area contributed by atoms with E-state index in [9.17, 15) is 14.9 Å². The number of methoxy groups -OCH3 is 1. The molecule has 0 unspecified atom stereocenters. The molecule has 2 aromatic carbocycles. The lowest BCUT2D eigenvalue weighted by atomic mass is 9.64. The average Bonchev–Trinajstić information content (AvgIpc) is 2.87. The van der Waals surface area contributed by atoms with Gasteiger partial charge in [-0.25, -0.2) is 4.79 Å². The van der Waals surface area contributed by atoms with Crippen LogP contribution in [0.3, 0.4) is 0 Å². The van der Waals surface area contributed by atoms with Crippen molar-refractivity contribution in [1.29, 1.82) is 5.26 Å². The maximum atomic E-state index is 13.0. The molecule has 0 saturated heterocycles. The van der Waals surface area contributed by atoms with Crippen molar-refractivity contribution in [3.8, 4) is 11.8 Å². The van der Waals surface area contributed by atoms with Gasteiger partial charge in [-0.1, -0.05) is 49.4 Å². The van der Waals surface area contributed by atoms with E-state index in [2.05, 4.69) is 28.8 Å². The van der Waals surface area contributed by atoms with Gasteiger partial charge in [-0.05, 0) is 49.8 Å². The molecule has 1 saturated carbocycles. The predicted octanol–water partition coefficient (Wildman–Crippen LogP) is 4.34. The molecule has 1 aliphatic rings. The van der Waals surface area contributed by atoms with E-state index in [1.165, 1.54) is 0 Å². The second kappa shape index (κ2) is 10.9. The summed E-state index contributed by atoms with van der Waals surface area (Å²) in [7, 11) is 1.54. The fourth-order valence-electron chi connectivity index (χ4n) is 4.38. The van der Waals surface area contributed by atoms with Gasteiger partial charge in [0, 0.05) is 12.0 Å². The molecule has 0 spiro atoms. The molecule has 3 rings (SSSR count). The SMILES string of the molecule is CCCOC(=O)N[C@]1(C#N)CC[C@](CNC(=O)c2ccccc2OC)(c2ccccc2)CC1. The van der Waals surface area contributed by atoms with Crippen LogP contribution in [0.1, 0.15) is 54.9 Å². The summed E-state index contributed by atoms with van der Waals surface area (Å²) >= 11 is 0. The molecule has 1 aliphatic carbocycles. The minimum absolute atomic E-state index is 0.207. The van der Waals surface area contributed by atoms with E-state index >= 15 is 0 Å².